The van der Waals surface area contributed by atoms with Crippen LogP contribution in [-0.4, -0.2) is 50.4 Å². The fraction of sp³-hybridized carbons (Fsp3) is 0.440. The molecule has 0 aliphatic heterocycles. The summed E-state index contributed by atoms with van der Waals surface area (Å²) in [5.41, 5.74) is 2.70. The highest BCUT2D eigenvalue weighted by molar-refractivity contribution is 14.1. The summed E-state index contributed by atoms with van der Waals surface area (Å²) in [6.45, 7) is 7.15. The van der Waals surface area contributed by atoms with Crippen LogP contribution >= 0.6 is 56.8 Å². The Kier molecular flexibility index (Phi) is 10.5. The number of aromatic nitrogens is 3. The van der Waals surface area contributed by atoms with Crippen molar-refractivity contribution in [3.63, 3.8) is 0 Å². The van der Waals surface area contributed by atoms with Gasteiger partial charge in [0, 0.05) is 17.2 Å². The number of ether oxygens (including phenoxy) is 2. The van der Waals surface area contributed by atoms with Crippen LogP contribution in [0.25, 0.3) is 0 Å². The van der Waals surface area contributed by atoms with Gasteiger partial charge in [-0.05, 0) is 80.6 Å². The second-order valence-electron chi connectivity index (χ2n) is 9.00. The Balaban J connectivity index is 1.61. The number of rotatable bonds is 12. The van der Waals surface area contributed by atoms with Gasteiger partial charge in [-0.2, -0.15) is 0 Å². The third-order valence-electron chi connectivity index (χ3n) is 5.78. The Morgan fingerprint density at radius 2 is 1.80 bits per heavy atom. The van der Waals surface area contributed by atoms with Crippen LogP contribution in [0, 0.1) is 13.2 Å². The topological polar surface area (TPSA) is 89.6 Å². The SMILES string of the molecule is CC(CCl)COc1ccc(C(C)(C)c2ccc(OCC(O)Cn3nnc([123I])c3CO)cc2)cc1I. The summed E-state index contributed by atoms with van der Waals surface area (Å²) in [6.07, 6.45) is -0.788. The Bertz CT molecular complexity index is 1110. The molecule has 190 valence electrons. The number of aliphatic hydroxyl groups is 2. The van der Waals surface area contributed by atoms with Crippen LogP contribution in [0.3, 0.4) is 0 Å². The highest BCUT2D eigenvalue weighted by atomic mass is 127. The summed E-state index contributed by atoms with van der Waals surface area (Å²) in [7, 11) is 0. The van der Waals surface area contributed by atoms with Crippen molar-refractivity contribution in [2.75, 3.05) is 19.1 Å². The molecule has 0 amide bonds. The molecule has 2 aromatic carbocycles. The Morgan fingerprint density at radius 3 is 2.43 bits per heavy atom. The van der Waals surface area contributed by atoms with Crippen molar-refractivity contribution in [3.05, 3.63) is 66.6 Å². The third kappa shape index (κ3) is 7.43. The number of hydrogen-bond donors (Lipinski definition) is 2. The van der Waals surface area contributed by atoms with Crippen LogP contribution in [0.2, 0.25) is 0 Å². The van der Waals surface area contributed by atoms with Gasteiger partial charge in [0.2, 0.25) is 0 Å². The van der Waals surface area contributed by atoms with Crippen molar-refractivity contribution in [2.24, 2.45) is 5.92 Å². The standard InChI is InChI=1S/C25H30ClI2N3O4/c1-16(11-26)14-35-23-9-6-18(10-21(23)27)25(2,3)17-4-7-20(8-5-17)34-15-19(33)12-31-22(13-32)24(28)29-30-31/h4-10,16,19,32-33H,11-15H2,1-3H3/i28-4. The van der Waals surface area contributed by atoms with Crippen LogP contribution in [0.1, 0.15) is 37.6 Å². The van der Waals surface area contributed by atoms with Crippen molar-refractivity contribution < 1.29 is 19.7 Å². The number of benzene rings is 2. The van der Waals surface area contributed by atoms with Crippen LogP contribution in [-0.2, 0) is 18.6 Å². The van der Waals surface area contributed by atoms with Crippen molar-refractivity contribution in [3.8, 4) is 11.5 Å². The lowest BCUT2D eigenvalue weighted by Gasteiger charge is -2.27. The molecule has 3 rings (SSSR count). The molecule has 2 atom stereocenters. The second kappa shape index (κ2) is 12.9. The minimum Gasteiger partial charge on any atom is -0.492 e. The molecule has 1 aromatic heterocycles. The predicted molar refractivity (Wildman–Crippen MR) is 153 cm³/mol. The number of hydrogen-bond acceptors (Lipinski definition) is 6. The summed E-state index contributed by atoms with van der Waals surface area (Å²) in [5, 5.41) is 27.7. The summed E-state index contributed by atoms with van der Waals surface area (Å²) in [4.78, 5) is 0. The molecule has 35 heavy (non-hydrogen) atoms. The second-order valence-corrected chi connectivity index (χ2v) is 11.5. The molecule has 0 bridgehead atoms. The van der Waals surface area contributed by atoms with E-state index in [1.54, 1.807) is 0 Å². The van der Waals surface area contributed by atoms with Crippen molar-refractivity contribution in [1.29, 1.82) is 0 Å². The van der Waals surface area contributed by atoms with E-state index in [0.717, 1.165) is 14.9 Å². The van der Waals surface area contributed by atoms with Crippen LogP contribution in [0.15, 0.2) is 42.5 Å². The van der Waals surface area contributed by atoms with Gasteiger partial charge in [-0.25, -0.2) is 4.68 Å². The fourth-order valence-electron chi connectivity index (χ4n) is 3.47. The van der Waals surface area contributed by atoms with Gasteiger partial charge < -0.3 is 19.7 Å². The largest absolute Gasteiger partial charge is 0.492 e. The third-order valence-corrected chi connectivity index (χ3v) is 7.99. The lowest BCUT2D eigenvalue weighted by molar-refractivity contribution is 0.0866. The number of nitrogens with zero attached hydrogens (tertiary/aromatic N) is 3. The lowest BCUT2D eigenvalue weighted by atomic mass is 9.78. The van der Waals surface area contributed by atoms with Crippen LogP contribution < -0.4 is 9.47 Å². The van der Waals surface area contributed by atoms with Crippen molar-refractivity contribution >= 4 is 56.8 Å². The molecule has 0 spiro atoms. The van der Waals surface area contributed by atoms with Crippen molar-refractivity contribution in [2.45, 2.75) is 45.4 Å². The van der Waals surface area contributed by atoms with Gasteiger partial charge in [0.15, 0.2) is 0 Å². The molecular formula is C25H30ClI2N3O4. The number of alkyl halides is 1. The fourth-order valence-corrected chi connectivity index (χ4v) is 4.77. The Labute approximate surface area is 238 Å². The molecule has 7 nitrogen and oxygen atoms in total. The van der Waals surface area contributed by atoms with E-state index in [1.807, 2.05) is 52.9 Å². The summed E-state index contributed by atoms with van der Waals surface area (Å²) >= 11 is 10.2. The van der Waals surface area contributed by atoms with Gasteiger partial charge in [-0.1, -0.05) is 44.2 Å². The van der Waals surface area contributed by atoms with Crippen LogP contribution in [0.4, 0.5) is 0 Å². The van der Waals surface area contributed by atoms with E-state index in [-0.39, 0.29) is 25.2 Å². The maximum Gasteiger partial charge on any atom is 0.149 e. The highest BCUT2D eigenvalue weighted by Crippen LogP contribution is 2.35. The first-order valence-corrected chi connectivity index (χ1v) is 13.9. The smallest absolute Gasteiger partial charge is 0.149 e. The first-order valence-electron chi connectivity index (χ1n) is 11.2. The molecule has 0 aliphatic rings. The van der Waals surface area contributed by atoms with Gasteiger partial charge in [0.05, 0.1) is 29.0 Å². The molecule has 0 aliphatic carbocycles. The highest BCUT2D eigenvalue weighted by Gasteiger charge is 2.24. The molecule has 0 fully saturated rings. The summed E-state index contributed by atoms with van der Waals surface area (Å²) in [6, 6.07) is 14.2. The maximum atomic E-state index is 10.3. The van der Waals surface area contributed by atoms with Gasteiger partial charge in [-0.3, -0.25) is 0 Å². The maximum absolute atomic E-state index is 10.3. The molecule has 2 N–H and O–H groups in total. The average Bonchev–Trinajstić information content (AvgIpc) is 3.20. The molecular weight excluding hydrogens is 692 g/mol. The molecule has 3 aromatic rings. The van der Waals surface area contributed by atoms with E-state index < -0.39 is 6.10 Å². The monoisotopic (exact) mass is 721 g/mol. The molecule has 0 radical (unpaired) electrons. The zero-order valence-electron chi connectivity index (χ0n) is 19.9. The van der Waals surface area contributed by atoms with E-state index >= 15 is 0 Å². The minimum absolute atomic E-state index is 0.103. The predicted octanol–water partition coefficient (Wildman–Crippen LogP) is 5.00. The first-order chi connectivity index (χ1) is 16.6. The summed E-state index contributed by atoms with van der Waals surface area (Å²) in [5.74, 6) is 2.42. The van der Waals surface area contributed by atoms with Gasteiger partial charge in [0.1, 0.15) is 27.9 Å². The molecule has 0 saturated heterocycles. The Morgan fingerprint density at radius 1 is 1.11 bits per heavy atom. The van der Waals surface area contributed by atoms with Gasteiger partial charge in [-0.15, -0.1) is 16.7 Å². The molecule has 1 heterocycles. The van der Waals surface area contributed by atoms with Gasteiger partial charge in [0.25, 0.3) is 0 Å². The molecule has 2 unspecified atom stereocenters. The van der Waals surface area contributed by atoms with E-state index in [9.17, 15) is 10.2 Å². The minimum atomic E-state index is -0.788. The number of halogens is 3. The van der Waals surface area contributed by atoms with Crippen molar-refractivity contribution in [1.82, 2.24) is 15.0 Å². The van der Waals surface area contributed by atoms with Gasteiger partial charge >= 0.3 is 0 Å². The first kappa shape index (κ1) is 28.4. The van der Waals surface area contributed by atoms with E-state index in [2.05, 4.69) is 65.8 Å². The van der Waals surface area contributed by atoms with E-state index in [0.29, 0.717) is 33.5 Å². The summed E-state index contributed by atoms with van der Waals surface area (Å²) < 4.78 is 14.9. The van der Waals surface area contributed by atoms with E-state index in [4.69, 9.17) is 21.1 Å². The van der Waals surface area contributed by atoms with E-state index in [1.165, 1.54) is 10.2 Å². The Hall–Kier alpha value is -1.15. The lowest BCUT2D eigenvalue weighted by Crippen LogP contribution is -2.25. The van der Waals surface area contributed by atoms with Crippen LogP contribution in [0.5, 0.6) is 11.5 Å². The molecule has 0 saturated carbocycles. The normalized spacial score (nSPS) is 13.5. The average molecular weight is 722 g/mol. The zero-order valence-corrected chi connectivity index (χ0v) is 25.0. The quantitative estimate of drug-likeness (QED) is 0.202. The molecule has 10 heteroatoms. The zero-order chi connectivity index (χ0) is 25.6. The number of aliphatic hydroxyl groups excluding tert-OH is 2.